The van der Waals surface area contributed by atoms with Gasteiger partial charge >= 0.3 is 5.97 Å². The monoisotopic (exact) mass is 520 g/mol. The Labute approximate surface area is 218 Å². The first-order chi connectivity index (χ1) is 18.3. The van der Waals surface area contributed by atoms with Crippen LogP contribution in [0, 0.1) is 11.3 Å². The fourth-order valence-electron chi connectivity index (χ4n) is 4.16. The summed E-state index contributed by atoms with van der Waals surface area (Å²) in [6.45, 7) is 1.02. The van der Waals surface area contributed by atoms with Gasteiger partial charge < -0.3 is 31.2 Å². The molecule has 1 saturated heterocycles. The van der Waals surface area contributed by atoms with Crippen LogP contribution in [0.15, 0.2) is 59.6 Å². The number of nitrogen functional groups attached to an aromatic ring is 1. The van der Waals surface area contributed by atoms with Gasteiger partial charge in [0.15, 0.2) is 17.7 Å². The predicted octanol–water partition coefficient (Wildman–Crippen LogP) is -0.524. The lowest BCUT2D eigenvalue weighted by Crippen LogP contribution is -2.42. The van der Waals surface area contributed by atoms with Crippen molar-refractivity contribution in [2.24, 2.45) is 5.73 Å². The van der Waals surface area contributed by atoms with Crippen LogP contribution in [0.3, 0.4) is 0 Å². The molecule has 13 nitrogen and oxygen atoms in total. The number of carbonyl (C=O) groups excluding carboxylic acids is 1. The number of carbonyl (C=O) groups is 1. The highest BCUT2D eigenvalue weighted by Gasteiger charge is 2.44. The van der Waals surface area contributed by atoms with Crippen LogP contribution in [0.5, 0.6) is 0 Å². The molecule has 1 aliphatic carbocycles. The van der Waals surface area contributed by atoms with Gasteiger partial charge in [-0.1, -0.05) is 17.5 Å². The maximum absolute atomic E-state index is 11.8. The van der Waals surface area contributed by atoms with Gasteiger partial charge in [0.1, 0.15) is 47.8 Å². The number of anilines is 1. The average Bonchev–Trinajstić information content (AvgIpc) is 3.48. The zero-order valence-electron chi connectivity index (χ0n) is 20.6. The molecule has 0 radical (unpaired) electrons. The quantitative estimate of drug-likeness (QED) is 0.231. The third kappa shape index (κ3) is 5.89. The Balaban J connectivity index is 1.49. The van der Waals surface area contributed by atoms with Crippen LogP contribution in [0.4, 0.5) is 5.82 Å². The second-order valence-electron chi connectivity index (χ2n) is 8.77. The third-order valence-electron chi connectivity index (χ3n) is 6.25. The van der Waals surface area contributed by atoms with E-state index in [0.29, 0.717) is 36.2 Å². The number of aliphatic hydroxyl groups is 2. The average molecular weight is 521 g/mol. The summed E-state index contributed by atoms with van der Waals surface area (Å²) in [5.74, 6) is -0.334. The third-order valence-corrected chi connectivity index (χ3v) is 6.25. The van der Waals surface area contributed by atoms with Gasteiger partial charge in [-0.15, -0.1) is 0 Å². The molecule has 1 unspecified atom stereocenters. The topological polar surface area (TPSA) is 199 Å². The van der Waals surface area contributed by atoms with Crippen molar-refractivity contribution in [3.63, 3.8) is 0 Å². The molecule has 38 heavy (non-hydrogen) atoms. The van der Waals surface area contributed by atoms with Gasteiger partial charge in [0.25, 0.3) is 0 Å². The molecule has 0 aromatic carbocycles. The zero-order valence-corrected chi connectivity index (χ0v) is 20.6. The number of imidazole rings is 1. The van der Waals surface area contributed by atoms with Crippen LogP contribution in [-0.4, -0.2) is 91.7 Å². The summed E-state index contributed by atoms with van der Waals surface area (Å²) in [7, 11) is 1.27. The number of ether oxygens (including phenoxy) is 2. The van der Waals surface area contributed by atoms with Crippen molar-refractivity contribution in [2.45, 2.75) is 37.0 Å². The summed E-state index contributed by atoms with van der Waals surface area (Å²) >= 11 is 0. The lowest BCUT2D eigenvalue weighted by atomic mass is 10.1. The van der Waals surface area contributed by atoms with E-state index in [4.69, 9.17) is 26.2 Å². The zero-order chi connectivity index (χ0) is 27.2. The minimum Gasteiger partial charge on any atom is -0.468 e. The van der Waals surface area contributed by atoms with Gasteiger partial charge in [0.05, 0.1) is 13.4 Å². The molecule has 6 N–H and O–H groups in total. The van der Waals surface area contributed by atoms with Crippen molar-refractivity contribution in [1.82, 2.24) is 24.4 Å². The standard InChI is InChI=1S/C25H28N8O5/c1-37-25(36)17(27)8-10-32(9-2-3-15-4-6-16(11-26)7-5-15)12-18-20(34)21(35)24(38-18)33-14-31-19-22(28)29-13-30-23(19)33/h2-4,6,13-14,17-18,20-21,24,34-35H,8-10,12,27H2,1H3,(H2,28,29,30)/b3-2+/t17?,18-,20-,21-,24-/m1/s1. The Bertz CT molecular complexity index is 1400. The van der Waals surface area contributed by atoms with Crippen molar-refractivity contribution in [3.05, 3.63) is 59.6 Å². The molecule has 5 atom stereocenters. The fraction of sp³-hybridized carbons (Fsp3) is 0.400. The minimum atomic E-state index is -1.26. The Morgan fingerprint density at radius 3 is 2.87 bits per heavy atom. The Morgan fingerprint density at radius 2 is 2.16 bits per heavy atom. The fourth-order valence-corrected chi connectivity index (χ4v) is 4.16. The highest BCUT2D eigenvalue weighted by atomic mass is 16.6. The number of nitrogens with two attached hydrogens (primary N) is 2. The van der Waals surface area contributed by atoms with Gasteiger partial charge in [-0.05, 0) is 24.6 Å². The normalized spacial score (nSPS) is 23.6. The lowest BCUT2D eigenvalue weighted by Gasteiger charge is -2.26. The van der Waals surface area contributed by atoms with Crippen LogP contribution >= 0.6 is 0 Å². The van der Waals surface area contributed by atoms with E-state index in [0.717, 1.165) is 5.57 Å². The highest BCUT2D eigenvalue weighted by molar-refractivity contribution is 5.81. The lowest BCUT2D eigenvalue weighted by molar-refractivity contribution is -0.142. The van der Waals surface area contributed by atoms with E-state index in [1.807, 2.05) is 23.1 Å². The molecular weight excluding hydrogens is 492 g/mol. The van der Waals surface area contributed by atoms with E-state index in [1.165, 1.54) is 24.3 Å². The van der Waals surface area contributed by atoms with Crippen molar-refractivity contribution in [3.8, 4) is 6.07 Å². The summed E-state index contributed by atoms with van der Waals surface area (Å²) in [6, 6.07) is 1.18. The molecule has 1 fully saturated rings. The number of hydrogen-bond acceptors (Lipinski definition) is 12. The molecule has 2 aromatic rings. The molecule has 3 heterocycles. The first-order valence-corrected chi connectivity index (χ1v) is 11.8. The van der Waals surface area contributed by atoms with Crippen molar-refractivity contribution in [1.29, 1.82) is 5.26 Å². The number of aromatic nitrogens is 4. The van der Waals surface area contributed by atoms with Gasteiger partial charge in [-0.2, -0.15) is 5.26 Å². The van der Waals surface area contributed by atoms with Crippen LogP contribution < -0.4 is 11.5 Å². The molecule has 0 spiro atoms. The van der Waals surface area contributed by atoms with Crippen molar-refractivity contribution in [2.75, 3.05) is 32.5 Å². The van der Waals surface area contributed by atoms with E-state index in [-0.39, 0.29) is 12.4 Å². The maximum atomic E-state index is 11.8. The first kappa shape index (κ1) is 26.9. The van der Waals surface area contributed by atoms with Crippen molar-refractivity contribution < 1.29 is 24.5 Å². The van der Waals surface area contributed by atoms with Gasteiger partial charge in [-0.3, -0.25) is 14.3 Å². The molecule has 0 saturated carbocycles. The number of aliphatic hydroxyl groups excluding tert-OH is 2. The second-order valence-corrected chi connectivity index (χ2v) is 8.77. The molecule has 13 heteroatoms. The number of rotatable bonds is 10. The van der Waals surface area contributed by atoms with Gasteiger partial charge in [0, 0.05) is 25.2 Å². The second kappa shape index (κ2) is 12.0. The summed E-state index contributed by atoms with van der Waals surface area (Å²) < 4.78 is 12.3. The highest BCUT2D eigenvalue weighted by Crippen LogP contribution is 2.32. The molecule has 0 bridgehead atoms. The molecule has 4 rings (SSSR count). The minimum absolute atomic E-state index is 0.190. The Hall–Kier alpha value is -4.11. The largest absolute Gasteiger partial charge is 0.468 e. The number of allylic oxidation sites excluding steroid dienone is 5. The smallest absolute Gasteiger partial charge is 0.322 e. The van der Waals surface area contributed by atoms with E-state index in [9.17, 15) is 15.0 Å². The summed E-state index contributed by atoms with van der Waals surface area (Å²) in [5.41, 5.74) is 19.3. The molecule has 1 aliphatic heterocycles. The van der Waals surface area contributed by atoms with Crippen LogP contribution in [-0.2, 0) is 14.3 Å². The van der Waals surface area contributed by atoms with Crippen LogP contribution in [0.25, 0.3) is 11.2 Å². The number of esters is 1. The number of fused-ring (bicyclic) bond motifs is 1. The number of nitriles is 1. The van der Waals surface area contributed by atoms with Crippen LogP contribution in [0.1, 0.15) is 12.6 Å². The molecule has 2 aromatic heterocycles. The summed E-state index contributed by atoms with van der Waals surface area (Å²) in [6.07, 6.45) is 5.90. The van der Waals surface area contributed by atoms with Gasteiger partial charge in [-0.25, -0.2) is 15.0 Å². The van der Waals surface area contributed by atoms with E-state index in [1.54, 1.807) is 12.2 Å². The molecule has 0 amide bonds. The van der Waals surface area contributed by atoms with E-state index >= 15 is 0 Å². The van der Waals surface area contributed by atoms with Crippen LogP contribution in [0.2, 0.25) is 0 Å². The van der Waals surface area contributed by atoms with E-state index < -0.39 is 36.6 Å². The summed E-state index contributed by atoms with van der Waals surface area (Å²) in [5, 5.41) is 30.5. The molecule has 198 valence electrons. The number of hydrogen-bond donors (Lipinski definition) is 4. The number of methoxy groups -OCH3 is 1. The Morgan fingerprint density at radius 1 is 1.34 bits per heavy atom. The maximum Gasteiger partial charge on any atom is 0.322 e. The summed E-state index contributed by atoms with van der Waals surface area (Å²) in [4.78, 5) is 26.0. The predicted molar refractivity (Wildman–Crippen MR) is 135 cm³/mol. The Kier molecular flexibility index (Phi) is 8.48. The SMILES string of the molecule is COC(=O)C(N)CCN(C/C=C/C1=C=C=C(C#N)C=C1)C[C@H]1O[C@@H](n2cnc3c(N)ncnc32)[C@H](O)[C@@H]1O. The van der Waals surface area contributed by atoms with Crippen molar-refractivity contribution >= 4 is 23.0 Å². The molecular formula is C25H28N8O5. The molecule has 2 aliphatic rings. The van der Waals surface area contributed by atoms with E-state index in [2.05, 4.69) is 26.4 Å². The van der Waals surface area contributed by atoms with Gasteiger partial charge in [0.2, 0.25) is 0 Å². The first-order valence-electron chi connectivity index (χ1n) is 11.8. The number of nitrogens with zero attached hydrogens (tertiary/aromatic N) is 6.